The summed E-state index contributed by atoms with van der Waals surface area (Å²) in [6.07, 6.45) is 1.62. The molecule has 0 spiro atoms. The number of nitrogens with zero attached hydrogens (tertiary/aromatic N) is 2. The molecule has 0 aliphatic rings. The van der Waals surface area contributed by atoms with Crippen LogP contribution in [0.4, 0.5) is 4.39 Å². The molecular weight excluding hydrogens is 351 g/mol. The molecule has 4 nitrogen and oxygen atoms in total. The molecule has 120 valence electrons. The molecule has 4 aromatic rings. The van der Waals surface area contributed by atoms with Gasteiger partial charge in [-0.2, -0.15) is 0 Å². The Morgan fingerprint density at radius 2 is 1.92 bits per heavy atom. The van der Waals surface area contributed by atoms with Crippen molar-refractivity contribution < 1.29 is 13.2 Å². The summed E-state index contributed by atoms with van der Waals surface area (Å²) in [5, 5.41) is 1.14. The van der Waals surface area contributed by atoms with Crippen LogP contribution < -0.4 is 0 Å². The van der Waals surface area contributed by atoms with Crippen molar-refractivity contribution in [3.8, 4) is 11.3 Å². The Morgan fingerprint density at radius 3 is 2.75 bits per heavy atom. The minimum absolute atomic E-state index is 0.287. The van der Waals surface area contributed by atoms with E-state index in [4.69, 9.17) is 20.4 Å². The van der Waals surface area contributed by atoms with Crippen molar-refractivity contribution >= 4 is 34.5 Å². The summed E-state index contributed by atoms with van der Waals surface area (Å²) in [6.45, 7) is 0. The molecular formula is C17H10ClFN2O2S. The second-order valence-corrected chi connectivity index (χ2v) is 6.37. The van der Waals surface area contributed by atoms with Gasteiger partial charge in [0.25, 0.3) is 5.22 Å². The van der Waals surface area contributed by atoms with E-state index in [0.29, 0.717) is 38.7 Å². The number of thioether (sulfide) groups is 1. The fourth-order valence-corrected chi connectivity index (χ4v) is 3.05. The molecule has 0 amide bonds. The van der Waals surface area contributed by atoms with Crippen LogP contribution in [0.5, 0.6) is 0 Å². The van der Waals surface area contributed by atoms with Gasteiger partial charge in [0.1, 0.15) is 11.3 Å². The van der Waals surface area contributed by atoms with Gasteiger partial charge >= 0.3 is 0 Å². The fourth-order valence-electron chi connectivity index (χ4n) is 2.19. The summed E-state index contributed by atoms with van der Waals surface area (Å²) in [4.78, 5) is 8.59. The third kappa shape index (κ3) is 3.16. The van der Waals surface area contributed by atoms with Crippen LogP contribution in [0.1, 0.15) is 5.89 Å². The highest BCUT2D eigenvalue weighted by molar-refractivity contribution is 7.98. The van der Waals surface area contributed by atoms with Gasteiger partial charge in [0.2, 0.25) is 5.89 Å². The zero-order valence-electron chi connectivity index (χ0n) is 12.2. The lowest BCUT2D eigenvalue weighted by Crippen LogP contribution is -1.79. The van der Waals surface area contributed by atoms with Crippen molar-refractivity contribution in [2.24, 2.45) is 0 Å². The van der Waals surface area contributed by atoms with Crippen LogP contribution in [0, 0.1) is 5.82 Å². The molecule has 0 saturated carbocycles. The number of benzene rings is 2. The number of hydrogen-bond acceptors (Lipinski definition) is 5. The Balaban J connectivity index is 1.48. The number of rotatable bonds is 4. The first kappa shape index (κ1) is 15.2. The molecule has 0 radical (unpaired) electrons. The van der Waals surface area contributed by atoms with Crippen LogP contribution in [-0.4, -0.2) is 9.97 Å². The molecule has 0 aliphatic carbocycles. The molecule has 4 rings (SSSR count). The van der Waals surface area contributed by atoms with Crippen LogP contribution in [0.3, 0.4) is 0 Å². The van der Waals surface area contributed by atoms with Gasteiger partial charge in [0.15, 0.2) is 11.3 Å². The van der Waals surface area contributed by atoms with Gasteiger partial charge in [0, 0.05) is 10.6 Å². The van der Waals surface area contributed by atoms with Gasteiger partial charge < -0.3 is 8.83 Å². The molecule has 0 unspecified atom stereocenters. The maximum atomic E-state index is 13.0. The molecule has 0 atom stereocenters. The number of fused-ring (bicyclic) bond motifs is 1. The van der Waals surface area contributed by atoms with Crippen molar-refractivity contribution in [3.05, 3.63) is 65.4 Å². The monoisotopic (exact) mass is 360 g/mol. The van der Waals surface area contributed by atoms with Crippen molar-refractivity contribution in [2.75, 3.05) is 0 Å². The largest absolute Gasteiger partial charge is 0.440 e. The van der Waals surface area contributed by atoms with Crippen LogP contribution in [0.25, 0.3) is 22.4 Å². The highest BCUT2D eigenvalue weighted by Crippen LogP contribution is 2.29. The molecule has 0 bridgehead atoms. The molecule has 2 aromatic heterocycles. The van der Waals surface area contributed by atoms with E-state index in [0.717, 1.165) is 5.56 Å². The second kappa shape index (κ2) is 6.30. The van der Waals surface area contributed by atoms with Crippen molar-refractivity contribution in [2.45, 2.75) is 11.0 Å². The summed E-state index contributed by atoms with van der Waals surface area (Å²) in [5.41, 5.74) is 2.17. The zero-order valence-corrected chi connectivity index (χ0v) is 13.8. The quantitative estimate of drug-likeness (QED) is 0.445. The van der Waals surface area contributed by atoms with Crippen LogP contribution in [0.2, 0.25) is 5.02 Å². The maximum absolute atomic E-state index is 13.0. The molecule has 0 aliphatic heterocycles. The van der Waals surface area contributed by atoms with E-state index >= 15 is 0 Å². The van der Waals surface area contributed by atoms with E-state index < -0.39 is 0 Å². The zero-order chi connectivity index (χ0) is 16.5. The average molecular weight is 361 g/mol. The van der Waals surface area contributed by atoms with E-state index in [1.807, 2.05) is 0 Å². The molecule has 2 heterocycles. The predicted molar refractivity (Wildman–Crippen MR) is 90.5 cm³/mol. The third-order valence-electron chi connectivity index (χ3n) is 3.33. The van der Waals surface area contributed by atoms with Crippen molar-refractivity contribution in [1.29, 1.82) is 0 Å². The number of oxazole rings is 2. The van der Waals surface area contributed by atoms with E-state index in [1.165, 1.54) is 23.9 Å². The molecule has 0 N–H and O–H groups in total. The minimum atomic E-state index is -0.287. The lowest BCUT2D eigenvalue weighted by molar-refractivity contribution is 0.486. The summed E-state index contributed by atoms with van der Waals surface area (Å²) in [7, 11) is 0. The first-order valence-corrected chi connectivity index (χ1v) is 8.43. The van der Waals surface area contributed by atoms with Crippen molar-refractivity contribution in [1.82, 2.24) is 9.97 Å². The number of aromatic nitrogens is 2. The highest BCUT2D eigenvalue weighted by atomic mass is 35.5. The van der Waals surface area contributed by atoms with Gasteiger partial charge in [-0.15, -0.1) is 0 Å². The van der Waals surface area contributed by atoms with Crippen LogP contribution in [0.15, 0.2) is 62.7 Å². The second-order valence-electron chi connectivity index (χ2n) is 5.01. The van der Waals surface area contributed by atoms with Gasteiger partial charge in [-0.1, -0.05) is 23.4 Å². The molecule has 2 aromatic carbocycles. The summed E-state index contributed by atoms with van der Waals surface area (Å²) in [6, 6.07) is 11.4. The Bertz CT molecular complexity index is 997. The standard InChI is InChI=1S/C17H10ClFN2O2S/c18-11-3-6-14-13(7-11)21-17(23-14)24-9-16-20-8-15(22-16)10-1-4-12(19)5-2-10/h1-8H,9H2. The molecule has 24 heavy (non-hydrogen) atoms. The van der Waals surface area contributed by atoms with Crippen LogP contribution >= 0.6 is 23.4 Å². The Morgan fingerprint density at radius 1 is 1.08 bits per heavy atom. The summed E-state index contributed by atoms with van der Waals surface area (Å²) in [5.74, 6) is 1.32. The Hall–Kier alpha value is -2.31. The number of halogens is 2. The van der Waals surface area contributed by atoms with E-state index in [9.17, 15) is 4.39 Å². The number of hydrogen-bond donors (Lipinski definition) is 0. The minimum Gasteiger partial charge on any atom is -0.440 e. The Kier molecular flexibility index (Phi) is 4.00. The maximum Gasteiger partial charge on any atom is 0.257 e. The van der Waals surface area contributed by atoms with E-state index in [-0.39, 0.29) is 5.82 Å². The predicted octanol–water partition coefficient (Wildman–Crippen LogP) is 5.57. The lowest BCUT2D eigenvalue weighted by Gasteiger charge is -1.95. The third-order valence-corrected chi connectivity index (χ3v) is 4.38. The smallest absolute Gasteiger partial charge is 0.257 e. The Labute approximate surface area is 145 Å². The molecule has 7 heteroatoms. The van der Waals surface area contributed by atoms with E-state index in [2.05, 4.69) is 9.97 Å². The van der Waals surface area contributed by atoms with Gasteiger partial charge in [-0.05, 0) is 42.5 Å². The first-order chi connectivity index (χ1) is 11.7. The fraction of sp³-hybridized carbons (Fsp3) is 0.0588. The average Bonchev–Trinajstić information content (AvgIpc) is 3.19. The summed E-state index contributed by atoms with van der Waals surface area (Å²) >= 11 is 7.31. The van der Waals surface area contributed by atoms with Crippen molar-refractivity contribution in [3.63, 3.8) is 0 Å². The highest BCUT2D eigenvalue weighted by Gasteiger charge is 2.11. The van der Waals surface area contributed by atoms with Gasteiger partial charge in [-0.25, -0.2) is 14.4 Å². The SMILES string of the molecule is Fc1ccc(-c2cnc(CSc3nc4cc(Cl)ccc4o3)o2)cc1. The summed E-state index contributed by atoms with van der Waals surface area (Å²) < 4.78 is 24.3. The van der Waals surface area contributed by atoms with Gasteiger partial charge in [0.05, 0.1) is 11.9 Å². The topological polar surface area (TPSA) is 52.1 Å². The molecule has 0 saturated heterocycles. The lowest BCUT2D eigenvalue weighted by atomic mass is 10.2. The normalized spacial score (nSPS) is 11.2. The van der Waals surface area contributed by atoms with Gasteiger partial charge in [-0.3, -0.25) is 0 Å². The van der Waals surface area contributed by atoms with Crippen LogP contribution in [-0.2, 0) is 5.75 Å². The molecule has 0 fully saturated rings. The van der Waals surface area contributed by atoms with E-state index in [1.54, 1.807) is 36.5 Å². The first-order valence-electron chi connectivity index (χ1n) is 7.07.